The molecule has 1 aromatic rings. The van der Waals surface area contributed by atoms with E-state index in [9.17, 15) is 0 Å². The molecule has 1 aromatic heterocycles. The summed E-state index contributed by atoms with van der Waals surface area (Å²) in [6.07, 6.45) is 25.8. The maximum atomic E-state index is 2.73. The molecule has 1 heterocycles. The van der Waals surface area contributed by atoms with Crippen LogP contribution in [-0.4, -0.2) is 10.0 Å². The van der Waals surface area contributed by atoms with Gasteiger partial charge in [0, 0.05) is 0 Å². The average Bonchev–Trinajstić information content (AvgIpc) is 3.04. The smallest absolute Gasteiger partial charge is 0.244 e. The van der Waals surface area contributed by atoms with E-state index in [1.807, 2.05) is 0 Å². The van der Waals surface area contributed by atoms with Crippen molar-refractivity contribution < 1.29 is 10.0 Å². The second kappa shape index (κ2) is 5.16. The average molecular weight is 355 g/mol. The number of hydrogen-bond acceptors (Lipinski definition) is 1. The molecule has 26 heavy (non-hydrogen) atoms. The maximum Gasteiger partial charge on any atom is 0.244 e. The van der Waals surface area contributed by atoms with Crippen molar-refractivity contribution in [1.29, 1.82) is 0 Å². The van der Waals surface area contributed by atoms with Gasteiger partial charge in [-0.15, -0.1) is 0 Å². The van der Waals surface area contributed by atoms with Crippen LogP contribution in [0.15, 0.2) is 18.7 Å². The Morgan fingerprint density at radius 1 is 0.654 bits per heavy atom. The molecule has 8 saturated carbocycles. The predicted octanol–water partition coefficient (Wildman–Crippen LogP) is 4.45. The molecule has 0 amide bonds. The molecule has 0 aliphatic heterocycles. The third kappa shape index (κ3) is 2.07. The molecule has 0 unspecified atom stereocenters. The van der Waals surface area contributed by atoms with Crippen molar-refractivity contribution in [3.63, 3.8) is 0 Å². The van der Waals surface area contributed by atoms with E-state index in [4.69, 9.17) is 0 Å². The van der Waals surface area contributed by atoms with Crippen LogP contribution in [0.2, 0.25) is 0 Å². The van der Waals surface area contributed by atoms with Crippen LogP contribution in [0.25, 0.3) is 0 Å². The zero-order valence-electron chi connectivity index (χ0n) is 16.0. The van der Waals surface area contributed by atoms with Crippen LogP contribution < -0.4 is 4.57 Å². The van der Waals surface area contributed by atoms with Gasteiger partial charge in [-0.3, -0.25) is 0 Å². The van der Waals surface area contributed by atoms with Crippen LogP contribution in [-0.2, 0) is 11.1 Å². The lowest BCUT2D eigenvalue weighted by Crippen LogP contribution is -2.64. The maximum absolute atomic E-state index is 2.73. The van der Waals surface area contributed by atoms with Crippen molar-refractivity contribution in [2.24, 2.45) is 35.5 Å². The summed E-state index contributed by atoms with van der Waals surface area (Å²) in [5, 5.41) is 0. The minimum absolute atomic E-state index is 0. The molecular formula is C23H34N2O. The van der Waals surface area contributed by atoms with Gasteiger partial charge in [0.25, 0.3) is 0 Å². The van der Waals surface area contributed by atoms with Crippen LogP contribution in [0, 0.1) is 35.5 Å². The van der Waals surface area contributed by atoms with Gasteiger partial charge in [0.15, 0.2) is 0 Å². The lowest BCUT2D eigenvalue weighted by molar-refractivity contribution is -0.776. The molecule has 9 rings (SSSR count). The third-order valence-electron chi connectivity index (χ3n) is 9.74. The fourth-order valence-corrected chi connectivity index (χ4v) is 9.68. The lowest BCUT2D eigenvalue weighted by Gasteiger charge is -2.55. The van der Waals surface area contributed by atoms with Crippen LogP contribution >= 0.6 is 0 Å². The van der Waals surface area contributed by atoms with Crippen molar-refractivity contribution in [3.8, 4) is 0 Å². The number of aromatic nitrogens is 2. The Kier molecular flexibility index (Phi) is 3.20. The highest BCUT2D eigenvalue weighted by molar-refractivity contribution is 5.06. The van der Waals surface area contributed by atoms with Crippen LogP contribution in [0.1, 0.15) is 77.0 Å². The molecule has 3 heteroatoms. The minimum atomic E-state index is 0. The van der Waals surface area contributed by atoms with Crippen LogP contribution in [0.3, 0.4) is 0 Å². The largest absolute Gasteiger partial charge is 0.870 e. The van der Waals surface area contributed by atoms with Crippen molar-refractivity contribution in [2.75, 3.05) is 0 Å². The third-order valence-corrected chi connectivity index (χ3v) is 9.74. The fourth-order valence-electron chi connectivity index (χ4n) is 9.68. The molecule has 0 radical (unpaired) electrons. The second-order valence-corrected chi connectivity index (χ2v) is 11.5. The molecule has 8 fully saturated rings. The van der Waals surface area contributed by atoms with E-state index in [1.54, 1.807) is 38.5 Å². The molecule has 0 saturated heterocycles. The van der Waals surface area contributed by atoms with Gasteiger partial charge in [-0.25, -0.2) is 9.13 Å². The van der Waals surface area contributed by atoms with Gasteiger partial charge in [0.1, 0.15) is 23.5 Å². The summed E-state index contributed by atoms with van der Waals surface area (Å²) >= 11 is 0. The second-order valence-electron chi connectivity index (χ2n) is 11.5. The first-order valence-electron chi connectivity index (χ1n) is 11.3. The monoisotopic (exact) mass is 354 g/mol. The predicted molar refractivity (Wildman–Crippen MR) is 98.9 cm³/mol. The van der Waals surface area contributed by atoms with Crippen molar-refractivity contribution in [1.82, 2.24) is 4.57 Å². The first-order chi connectivity index (χ1) is 12.2. The molecule has 142 valence electrons. The van der Waals surface area contributed by atoms with E-state index in [1.165, 1.54) is 38.5 Å². The summed E-state index contributed by atoms with van der Waals surface area (Å²) in [4.78, 5) is 0. The van der Waals surface area contributed by atoms with E-state index in [0.29, 0.717) is 11.1 Å². The van der Waals surface area contributed by atoms with Gasteiger partial charge in [-0.2, -0.15) is 0 Å². The van der Waals surface area contributed by atoms with Gasteiger partial charge < -0.3 is 5.48 Å². The SMILES string of the molecule is [OH-].c1c[n+](C23CC4CC(CC(C4)C2)C3)cn1C12CC3CC(CC(C3)C1)C2. The van der Waals surface area contributed by atoms with Crippen molar-refractivity contribution in [3.05, 3.63) is 18.7 Å². The number of rotatable bonds is 2. The van der Waals surface area contributed by atoms with Crippen LogP contribution in [0.5, 0.6) is 0 Å². The normalized spacial score (nSPS) is 53.1. The Balaban J connectivity index is 0.00000137. The van der Waals surface area contributed by atoms with Gasteiger partial charge in [0.2, 0.25) is 6.33 Å². The summed E-state index contributed by atoms with van der Waals surface area (Å²) in [5.41, 5.74) is 1.00. The Labute approximate surface area is 157 Å². The first kappa shape index (κ1) is 16.2. The molecular weight excluding hydrogens is 320 g/mol. The van der Waals surface area contributed by atoms with E-state index in [2.05, 4.69) is 27.9 Å². The molecule has 8 aliphatic carbocycles. The van der Waals surface area contributed by atoms with Gasteiger partial charge in [-0.1, -0.05) is 0 Å². The molecule has 1 N–H and O–H groups in total. The highest BCUT2D eigenvalue weighted by Crippen LogP contribution is 2.59. The molecule has 3 nitrogen and oxygen atoms in total. The Morgan fingerprint density at radius 2 is 1.08 bits per heavy atom. The summed E-state index contributed by atoms with van der Waals surface area (Å²) in [6, 6.07) is 0. The first-order valence-corrected chi connectivity index (χ1v) is 11.3. The number of imidazole rings is 1. The molecule has 0 spiro atoms. The summed E-state index contributed by atoms with van der Waals surface area (Å²) in [7, 11) is 0. The van der Waals surface area contributed by atoms with E-state index >= 15 is 0 Å². The zero-order chi connectivity index (χ0) is 16.2. The molecule has 0 atom stereocenters. The van der Waals surface area contributed by atoms with Crippen molar-refractivity contribution >= 4 is 0 Å². The summed E-state index contributed by atoms with van der Waals surface area (Å²) in [5.74, 6) is 6.26. The van der Waals surface area contributed by atoms with E-state index in [-0.39, 0.29) is 5.48 Å². The Hall–Kier alpha value is -0.830. The van der Waals surface area contributed by atoms with Gasteiger partial charge in [-0.05, 0) is 113 Å². The topological polar surface area (TPSA) is 38.8 Å². The van der Waals surface area contributed by atoms with Gasteiger partial charge >= 0.3 is 0 Å². The highest BCUT2D eigenvalue weighted by Gasteiger charge is 2.57. The zero-order valence-corrected chi connectivity index (χ0v) is 16.0. The number of nitrogens with zero attached hydrogens (tertiary/aromatic N) is 2. The number of hydrogen-bond donors (Lipinski definition) is 0. The lowest BCUT2D eigenvalue weighted by atomic mass is 9.53. The summed E-state index contributed by atoms with van der Waals surface area (Å²) < 4.78 is 5.46. The highest BCUT2D eigenvalue weighted by atomic mass is 16.0. The molecule has 8 aliphatic rings. The van der Waals surface area contributed by atoms with Crippen molar-refractivity contribution in [2.45, 2.75) is 88.1 Å². The fraction of sp³-hybridized carbons (Fsp3) is 0.870. The quantitative estimate of drug-likeness (QED) is 0.723. The standard InChI is InChI=1S/C23H33N2.H2O/c1-2-25(23-12-19-6-20(13-23)8-21(7-19)14-23)15-24(1)22-9-16-3-17(10-22)5-18(4-16)11-22;/h1-2,15-21H,3-14H2;1H2/q+1;/p-1. The Morgan fingerprint density at radius 3 is 1.54 bits per heavy atom. The van der Waals surface area contributed by atoms with Gasteiger partial charge in [0.05, 0.1) is 0 Å². The van der Waals surface area contributed by atoms with E-state index < -0.39 is 0 Å². The van der Waals surface area contributed by atoms with Crippen LogP contribution in [0.4, 0.5) is 0 Å². The summed E-state index contributed by atoms with van der Waals surface area (Å²) in [6.45, 7) is 0. The Bertz CT molecular complexity index is 590. The molecule has 8 bridgehead atoms. The van der Waals surface area contributed by atoms with E-state index in [0.717, 1.165) is 35.5 Å². The minimum Gasteiger partial charge on any atom is -0.870 e. The molecule has 0 aromatic carbocycles.